The number of amides is 1. The maximum absolute atomic E-state index is 10.3. The molecule has 0 saturated heterocycles. The Morgan fingerprint density at radius 3 is 2.78 bits per heavy atom. The van der Waals surface area contributed by atoms with E-state index >= 15 is 0 Å². The van der Waals surface area contributed by atoms with Crippen molar-refractivity contribution in [3.63, 3.8) is 0 Å². The molecule has 0 aliphatic carbocycles. The summed E-state index contributed by atoms with van der Waals surface area (Å²) in [6, 6.07) is 0. The van der Waals surface area contributed by atoms with Crippen LogP contribution in [-0.2, 0) is 9.30 Å². The molecular formula is C3H8NO3PS. The summed E-state index contributed by atoms with van der Waals surface area (Å²) >= 11 is 3.46. The topological polar surface area (TPSA) is 55.4 Å². The van der Waals surface area contributed by atoms with Gasteiger partial charge in [0.15, 0.2) is 0 Å². The first-order valence-corrected chi connectivity index (χ1v) is 5.03. The first-order chi connectivity index (χ1) is 4.16. The largest absolute Gasteiger partial charge is 0.450 e. The molecule has 6 heteroatoms. The van der Waals surface area contributed by atoms with E-state index in [0.717, 1.165) is 0 Å². The fourth-order valence-electron chi connectivity index (χ4n) is 0.254. The molecule has 0 saturated carbocycles. The number of carbonyl (C=O) groups excluding carboxylic acids is 1. The van der Waals surface area contributed by atoms with Gasteiger partial charge in [-0.2, -0.15) is 0 Å². The van der Waals surface area contributed by atoms with Crippen LogP contribution in [0, 0.1) is 0 Å². The van der Waals surface area contributed by atoms with Crippen LogP contribution in [0.3, 0.4) is 0 Å². The minimum absolute atomic E-state index is 0.273. The molecule has 1 amide bonds. The normalized spacial score (nSPS) is 12.2. The van der Waals surface area contributed by atoms with Gasteiger partial charge in [-0.15, -0.1) is 0 Å². The van der Waals surface area contributed by atoms with Gasteiger partial charge in [-0.25, -0.2) is 4.79 Å². The van der Waals surface area contributed by atoms with E-state index in [1.165, 1.54) is 0 Å². The van der Waals surface area contributed by atoms with Crippen molar-refractivity contribution >= 4 is 25.5 Å². The highest BCUT2D eigenvalue weighted by Gasteiger charge is 1.99. The molecule has 0 heterocycles. The first kappa shape index (κ1) is 8.85. The number of hydrogen-bond acceptors (Lipinski definition) is 3. The lowest BCUT2D eigenvalue weighted by Gasteiger charge is -1.99. The van der Waals surface area contributed by atoms with Crippen LogP contribution < -0.4 is 5.09 Å². The van der Waals surface area contributed by atoms with Gasteiger partial charge in [0.05, 0.1) is 6.61 Å². The number of thiol groups is 1. The summed E-state index contributed by atoms with van der Waals surface area (Å²) in [5, 5.41) is 1.99. The molecule has 1 atom stereocenters. The van der Waals surface area contributed by atoms with Gasteiger partial charge in [0, 0.05) is 0 Å². The van der Waals surface area contributed by atoms with E-state index in [1.54, 1.807) is 6.92 Å². The number of hydrogen-bond donors (Lipinski definition) is 2. The molecule has 54 valence electrons. The van der Waals surface area contributed by atoms with Gasteiger partial charge in [0.2, 0.25) is 7.15 Å². The summed E-state index contributed by atoms with van der Waals surface area (Å²) in [6.07, 6.45) is -0.684. The number of nitrogens with one attached hydrogen (secondary N) is 1. The number of rotatable bonds is 2. The zero-order valence-corrected chi connectivity index (χ0v) is 6.77. The van der Waals surface area contributed by atoms with Crippen molar-refractivity contribution in [2.24, 2.45) is 0 Å². The maximum Gasteiger partial charge on any atom is 0.413 e. The SMILES string of the molecule is CCOC(=O)N[PH](=O)S. The second kappa shape index (κ2) is 4.70. The third-order valence-corrected chi connectivity index (χ3v) is 1.24. The molecule has 0 aromatic heterocycles. The second-order valence-electron chi connectivity index (χ2n) is 1.15. The highest BCUT2D eigenvalue weighted by Crippen LogP contribution is 2.18. The van der Waals surface area contributed by atoms with Crippen LogP contribution in [0.2, 0.25) is 0 Å². The predicted molar refractivity (Wildman–Crippen MR) is 38.1 cm³/mol. The Morgan fingerprint density at radius 2 is 2.44 bits per heavy atom. The maximum atomic E-state index is 10.3. The van der Waals surface area contributed by atoms with Gasteiger partial charge < -0.3 is 4.74 Å². The van der Waals surface area contributed by atoms with E-state index in [4.69, 9.17) is 0 Å². The molecule has 0 spiro atoms. The summed E-state index contributed by atoms with van der Waals surface area (Å²) in [7, 11) is -2.24. The molecule has 9 heavy (non-hydrogen) atoms. The third kappa shape index (κ3) is 5.73. The fourth-order valence-corrected chi connectivity index (χ4v) is 0.775. The van der Waals surface area contributed by atoms with E-state index in [0.29, 0.717) is 0 Å². The summed E-state index contributed by atoms with van der Waals surface area (Å²) < 4.78 is 14.5. The average Bonchev–Trinajstić information content (AvgIpc) is 1.63. The van der Waals surface area contributed by atoms with E-state index in [1.807, 2.05) is 5.09 Å². The zero-order chi connectivity index (χ0) is 7.28. The number of carbonyl (C=O) groups is 1. The quantitative estimate of drug-likeness (QED) is 0.480. The van der Waals surface area contributed by atoms with Crippen molar-refractivity contribution in [2.45, 2.75) is 6.92 Å². The van der Waals surface area contributed by atoms with Crippen LogP contribution in [-0.4, -0.2) is 12.7 Å². The van der Waals surface area contributed by atoms with Gasteiger partial charge in [0.25, 0.3) is 0 Å². The molecule has 0 fully saturated rings. The van der Waals surface area contributed by atoms with Gasteiger partial charge >= 0.3 is 6.09 Å². The Balaban J connectivity index is 3.39. The van der Waals surface area contributed by atoms with Crippen LogP contribution in [0.4, 0.5) is 4.79 Å². The van der Waals surface area contributed by atoms with Crippen molar-refractivity contribution in [1.82, 2.24) is 5.09 Å². The summed E-state index contributed by atoms with van der Waals surface area (Å²) in [5.74, 6) is 0. The highest BCUT2D eigenvalue weighted by atomic mass is 32.7. The first-order valence-electron chi connectivity index (χ1n) is 2.33. The van der Waals surface area contributed by atoms with E-state index in [9.17, 15) is 9.36 Å². The van der Waals surface area contributed by atoms with Gasteiger partial charge in [-0.1, -0.05) is 12.2 Å². The molecule has 1 N–H and O–H groups in total. The standard InChI is InChI=1S/C3H8NO3PS/c1-2-7-3(5)4-8(6)9/h8H,2H2,1H3,(H2,4,5,6,9). The zero-order valence-electron chi connectivity index (χ0n) is 4.88. The minimum Gasteiger partial charge on any atom is -0.450 e. The number of ether oxygens (including phenoxy) is 1. The molecule has 0 aliphatic rings. The van der Waals surface area contributed by atoms with E-state index in [-0.39, 0.29) is 6.61 Å². The summed E-state index contributed by atoms with van der Waals surface area (Å²) in [5.41, 5.74) is 0. The minimum atomic E-state index is -2.24. The van der Waals surface area contributed by atoms with Crippen LogP contribution >= 0.6 is 19.4 Å². The third-order valence-electron chi connectivity index (χ3n) is 0.484. The Labute approximate surface area is 59.0 Å². The van der Waals surface area contributed by atoms with Gasteiger partial charge in [0.1, 0.15) is 0 Å². The smallest absolute Gasteiger partial charge is 0.413 e. The lowest BCUT2D eigenvalue weighted by atomic mass is 10.9. The summed E-state index contributed by atoms with van der Waals surface area (Å²) in [4.78, 5) is 10.3. The van der Waals surface area contributed by atoms with Crippen LogP contribution in [0.1, 0.15) is 6.92 Å². The molecule has 0 radical (unpaired) electrons. The molecule has 0 aromatic carbocycles. The highest BCUT2D eigenvalue weighted by molar-refractivity contribution is 8.40. The molecule has 4 nitrogen and oxygen atoms in total. The van der Waals surface area contributed by atoms with Crippen molar-refractivity contribution in [3.8, 4) is 0 Å². The average molecular weight is 169 g/mol. The Hall–Kier alpha value is -0.150. The van der Waals surface area contributed by atoms with Crippen molar-refractivity contribution in [2.75, 3.05) is 6.61 Å². The lowest BCUT2D eigenvalue weighted by Crippen LogP contribution is -2.15. The van der Waals surface area contributed by atoms with Crippen LogP contribution in [0.25, 0.3) is 0 Å². The van der Waals surface area contributed by atoms with Crippen molar-refractivity contribution in [1.29, 1.82) is 0 Å². The van der Waals surface area contributed by atoms with Gasteiger partial charge in [-0.3, -0.25) is 9.65 Å². The second-order valence-corrected chi connectivity index (χ2v) is 3.23. The van der Waals surface area contributed by atoms with E-state index < -0.39 is 13.2 Å². The molecule has 1 unspecified atom stereocenters. The monoisotopic (exact) mass is 169 g/mol. The van der Waals surface area contributed by atoms with Crippen molar-refractivity contribution in [3.05, 3.63) is 0 Å². The summed E-state index contributed by atoms with van der Waals surface area (Å²) in [6.45, 7) is 1.93. The molecular weight excluding hydrogens is 161 g/mol. The molecule has 0 aromatic rings. The van der Waals surface area contributed by atoms with Gasteiger partial charge in [-0.05, 0) is 6.92 Å². The van der Waals surface area contributed by atoms with Crippen molar-refractivity contribution < 1.29 is 14.1 Å². The van der Waals surface area contributed by atoms with Crippen LogP contribution in [0.15, 0.2) is 0 Å². The Morgan fingerprint density at radius 1 is 1.89 bits per heavy atom. The fraction of sp³-hybridized carbons (Fsp3) is 0.667. The van der Waals surface area contributed by atoms with E-state index in [2.05, 4.69) is 17.0 Å². The Bertz CT molecular complexity index is 128. The lowest BCUT2D eigenvalue weighted by molar-refractivity contribution is 0.159. The predicted octanol–water partition coefficient (Wildman–Crippen LogP) is 1.05. The molecule has 0 rings (SSSR count). The molecule has 0 bridgehead atoms. The van der Waals surface area contributed by atoms with Crippen LogP contribution in [0.5, 0.6) is 0 Å². The Kier molecular flexibility index (Phi) is 4.62. The molecule has 0 aliphatic heterocycles.